The van der Waals surface area contributed by atoms with Crippen molar-refractivity contribution in [2.45, 2.75) is 50.5 Å². The highest BCUT2D eigenvalue weighted by atomic mass is 16.5. The summed E-state index contributed by atoms with van der Waals surface area (Å²) in [5.74, 6) is 0.717. The molecule has 2 aliphatic rings. The molecule has 2 rings (SSSR count). The summed E-state index contributed by atoms with van der Waals surface area (Å²) >= 11 is 0. The zero-order chi connectivity index (χ0) is 12.1. The number of nitrogens with one attached hydrogen (secondary N) is 1. The highest BCUT2D eigenvalue weighted by molar-refractivity contribution is 5.77. The predicted molar refractivity (Wildman–Crippen MR) is 66.6 cm³/mol. The second kappa shape index (κ2) is 5.83. The van der Waals surface area contributed by atoms with E-state index in [9.17, 15) is 4.79 Å². The number of carbonyl (C=O) groups is 1. The third-order valence-corrected chi connectivity index (χ3v) is 3.76. The molecule has 0 aromatic rings. The Labute approximate surface area is 103 Å². The second-order valence-electron chi connectivity index (χ2n) is 5.66. The minimum atomic E-state index is -0.185. The van der Waals surface area contributed by atoms with Crippen LogP contribution in [0, 0.1) is 5.92 Å². The standard InChI is InChI=1S/C13H24N2O2/c14-13(6-2-1-3-7-13)10-17-9-12(16)15-8-11-4-5-11/h11H,1-10,14H2,(H,15,16). The van der Waals surface area contributed by atoms with Gasteiger partial charge in [-0.2, -0.15) is 0 Å². The second-order valence-corrected chi connectivity index (χ2v) is 5.66. The molecule has 17 heavy (non-hydrogen) atoms. The smallest absolute Gasteiger partial charge is 0.246 e. The highest BCUT2D eigenvalue weighted by Crippen LogP contribution is 2.27. The lowest BCUT2D eigenvalue weighted by Gasteiger charge is -2.32. The van der Waals surface area contributed by atoms with Gasteiger partial charge < -0.3 is 15.8 Å². The van der Waals surface area contributed by atoms with E-state index in [1.807, 2.05) is 0 Å². The summed E-state index contributed by atoms with van der Waals surface area (Å²) in [7, 11) is 0. The molecule has 0 unspecified atom stereocenters. The molecule has 4 nitrogen and oxygen atoms in total. The first-order chi connectivity index (χ1) is 8.18. The molecule has 0 spiro atoms. The third kappa shape index (κ3) is 4.64. The Hall–Kier alpha value is -0.610. The van der Waals surface area contributed by atoms with E-state index in [1.165, 1.54) is 32.1 Å². The minimum absolute atomic E-state index is 0.00342. The van der Waals surface area contributed by atoms with Crippen LogP contribution in [-0.4, -0.2) is 31.2 Å². The number of rotatable bonds is 6. The fraction of sp³-hybridized carbons (Fsp3) is 0.923. The Morgan fingerprint density at radius 3 is 2.65 bits per heavy atom. The fourth-order valence-electron chi connectivity index (χ4n) is 2.38. The molecule has 0 bridgehead atoms. The molecule has 3 N–H and O–H groups in total. The molecule has 0 aromatic carbocycles. The van der Waals surface area contributed by atoms with E-state index in [1.54, 1.807) is 0 Å². The van der Waals surface area contributed by atoms with Crippen LogP contribution >= 0.6 is 0 Å². The molecule has 0 radical (unpaired) electrons. The van der Waals surface area contributed by atoms with Crippen molar-refractivity contribution in [3.05, 3.63) is 0 Å². The van der Waals surface area contributed by atoms with E-state index in [0.29, 0.717) is 6.61 Å². The van der Waals surface area contributed by atoms with Gasteiger partial charge >= 0.3 is 0 Å². The summed E-state index contributed by atoms with van der Waals surface area (Å²) in [5.41, 5.74) is 6.04. The van der Waals surface area contributed by atoms with E-state index in [4.69, 9.17) is 10.5 Å². The SMILES string of the molecule is NC1(COCC(=O)NCC2CC2)CCCCC1. The quantitative estimate of drug-likeness (QED) is 0.733. The first-order valence-electron chi connectivity index (χ1n) is 6.81. The lowest BCUT2D eigenvalue weighted by molar-refractivity contribution is -0.126. The van der Waals surface area contributed by atoms with E-state index in [-0.39, 0.29) is 18.1 Å². The minimum Gasteiger partial charge on any atom is -0.370 e. The van der Waals surface area contributed by atoms with E-state index in [0.717, 1.165) is 25.3 Å². The van der Waals surface area contributed by atoms with Crippen LogP contribution in [0.5, 0.6) is 0 Å². The van der Waals surface area contributed by atoms with Crippen LogP contribution < -0.4 is 11.1 Å². The molecule has 2 fully saturated rings. The summed E-state index contributed by atoms with van der Waals surface area (Å²) in [6.07, 6.45) is 8.22. The molecule has 1 amide bonds. The predicted octanol–water partition coefficient (Wildman–Crippen LogP) is 1.19. The number of amides is 1. The number of hydrogen-bond acceptors (Lipinski definition) is 3. The van der Waals surface area contributed by atoms with Crippen LogP contribution in [0.4, 0.5) is 0 Å². The maximum absolute atomic E-state index is 11.4. The molecule has 0 aliphatic heterocycles. The Bertz CT molecular complexity index is 258. The van der Waals surface area contributed by atoms with E-state index < -0.39 is 0 Å². The number of carbonyl (C=O) groups excluding carboxylic acids is 1. The third-order valence-electron chi connectivity index (χ3n) is 3.76. The van der Waals surface area contributed by atoms with Gasteiger partial charge in [0.25, 0.3) is 0 Å². The fourth-order valence-corrected chi connectivity index (χ4v) is 2.38. The maximum Gasteiger partial charge on any atom is 0.246 e. The van der Waals surface area contributed by atoms with Gasteiger partial charge in [0.2, 0.25) is 5.91 Å². The van der Waals surface area contributed by atoms with Crippen molar-refractivity contribution in [3.63, 3.8) is 0 Å². The topological polar surface area (TPSA) is 64.3 Å². The zero-order valence-electron chi connectivity index (χ0n) is 10.5. The van der Waals surface area contributed by atoms with Crippen molar-refractivity contribution in [2.75, 3.05) is 19.8 Å². The van der Waals surface area contributed by atoms with E-state index in [2.05, 4.69) is 5.32 Å². The molecule has 2 aliphatic carbocycles. The highest BCUT2D eigenvalue weighted by Gasteiger charge is 2.28. The summed E-state index contributed by atoms with van der Waals surface area (Å²) < 4.78 is 5.45. The Kier molecular flexibility index (Phi) is 4.40. The number of nitrogens with two attached hydrogens (primary N) is 1. The summed E-state index contributed by atoms with van der Waals surface area (Å²) in [4.78, 5) is 11.4. The van der Waals surface area contributed by atoms with Gasteiger partial charge in [0.15, 0.2) is 0 Å². The average molecular weight is 240 g/mol. The van der Waals surface area contributed by atoms with Gasteiger partial charge in [-0.3, -0.25) is 4.79 Å². The lowest BCUT2D eigenvalue weighted by Crippen LogP contribution is -2.46. The first kappa shape index (κ1) is 12.8. The maximum atomic E-state index is 11.4. The van der Waals surface area contributed by atoms with E-state index >= 15 is 0 Å². The van der Waals surface area contributed by atoms with Crippen molar-refractivity contribution in [2.24, 2.45) is 11.7 Å². The largest absolute Gasteiger partial charge is 0.370 e. The van der Waals surface area contributed by atoms with Crippen molar-refractivity contribution in [1.29, 1.82) is 0 Å². The van der Waals surface area contributed by atoms with Crippen LogP contribution in [0.3, 0.4) is 0 Å². The van der Waals surface area contributed by atoms with Crippen LogP contribution in [0.15, 0.2) is 0 Å². The van der Waals surface area contributed by atoms with Gasteiger partial charge in [-0.05, 0) is 31.6 Å². The molecular formula is C13H24N2O2. The van der Waals surface area contributed by atoms with Gasteiger partial charge in [0.05, 0.1) is 6.61 Å². The van der Waals surface area contributed by atoms with Crippen LogP contribution in [0.2, 0.25) is 0 Å². The van der Waals surface area contributed by atoms with Crippen LogP contribution in [0.25, 0.3) is 0 Å². The zero-order valence-corrected chi connectivity index (χ0v) is 10.5. The Balaban J connectivity index is 1.55. The molecule has 0 atom stereocenters. The number of hydrogen-bond donors (Lipinski definition) is 2. The van der Waals surface area contributed by atoms with Crippen LogP contribution in [0.1, 0.15) is 44.9 Å². The van der Waals surface area contributed by atoms with Gasteiger partial charge in [-0.1, -0.05) is 19.3 Å². The summed E-state index contributed by atoms with van der Waals surface area (Å²) in [5, 5.41) is 2.89. The molecule has 0 aromatic heterocycles. The van der Waals surface area contributed by atoms with Gasteiger partial charge in [-0.25, -0.2) is 0 Å². The Morgan fingerprint density at radius 2 is 2.00 bits per heavy atom. The number of ether oxygens (including phenoxy) is 1. The van der Waals surface area contributed by atoms with Crippen molar-refractivity contribution in [3.8, 4) is 0 Å². The van der Waals surface area contributed by atoms with Crippen molar-refractivity contribution in [1.82, 2.24) is 5.32 Å². The average Bonchev–Trinajstić information content (AvgIpc) is 3.11. The molecular weight excluding hydrogens is 216 g/mol. The summed E-state index contributed by atoms with van der Waals surface area (Å²) in [6.45, 7) is 1.49. The molecule has 4 heteroatoms. The normalized spacial score (nSPS) is 23.4. The molecule has 0 saturated heterocycles. The Morgan fingerprint density at radius 1 is 1.29 bits per heavy atom. The van der Waals surface area contributed by atoms with Crippen molar-refractivity contribution >= 4 is 5.91 Å². The molecule has 2 saturated carbocycles. The van der Waals surface area contributed by atoms with Crippen molar-refractivity contribution < 1.29 is 9.53 Å². The monoisotopic (exact) mass is 240 g/mol. The van der Waals surface area contributed by atoms with Gasteiger partial charge in [0, 0.05) is 12.1 Å². The molecule has 98 valence electrons. The van der Waals surface area contributed by atoms with Gasteiger partial charge in [0.1, 0.15) is 6.61 Å². The lowest BCUT2D eigenvalue weighted by atomic mass is 9.83. The first-order valence-corrected chi connectivity index (χ1v) is 6.81. The molecule has 0 heterocycles. The van der Waals surface area contributed by atoms with Gasteiger partial charge in [-0.15, -0.1) is 0 Å². The summed E-state index contributed by atoms with van der Waals surface area (Å²) in [6, 6.07) is 0. The van der Waals surface area contributed by atoms with Crippen LogP contribution in [-0.2, 0) is 9.53 Å².